The van der Waals surface area contributed by atoms with Gasteiger partial charge in [0.2, 0.25) is 0 Å². The van der Waals surface area contributed by atoms with Crippen LogP contribution in [0.4, 0.5) is 0 Å². The van der Waals surface area contributed by atoms with Crippen LogP contribution in [0, 0.1) is 5.92 Å². The standard InChI is InChI=1S/C14H17ClN2O6/c1-7(14(20)21)5-17-13(19)8-3-9(15)12(10(4-8)22-2)23-6-11(16)18/h3-4,7H,5-6H2,1-2H3,(H2,16,18)(H,17,19)(H,20,21). The molecule has 8 nitrogen and oxygen atoms in total. The zero-order valence-corrected chi connectivity index (χ0v) is 13.3. The number of rotatable bonds is 8. The first kappa shape index (κ1) is 18.6. The second-order valence-electron chi connectivity index (χ2n) is 4.69. The van der Waals surface area contributed by atoms with E-state index in [4.69, 9.17) is 31.9 Å². The van der Waals surface area contributed by atoms with Crippen LogP contribution in [0.15, 0.2) is 12.1 Å². The Bertz CT molecular complexity index is 620. The second kappa shape index (κ2) is 8.23. The SMILES string of the molecule is COc1cc(C(=O)NCC(C)C(=O)O)cc(Cl)c1OCC(N)=O. The van der Waals surface area contributed by atoms with Crippen LogP contribution in [-0.2, 0) is 9.59 Å². The number of carbonyl (C=O) groups is 3. The maximum Gasteiger partial charge on any atom is 0.308 e. The van der Waals surface area contributed by atoms with Crippen LogP contribution in [0.5, 0.6) is 11.5 Å². The molecule has 0 saturated heterocycles. The van der Waals surface area contributed by atoms with Crippen molar-refractivity contribution in [1.82, 2.24) is 5.32 Å². The number of nitrogens with one attached hydrogen (secondary N) is 1. The van der Waals surface area contributed by atoms with E-state index in [0.717, 1.165) is 0 Å². The van der Waals surface area contributed by atoms with Gasteiger partial charge in [0.15, 0.2) is 18.1 Å². The number of halogens is 1. The van der Waals surface area contributed by atoms with E-state index in [9.17, 15) is 14.4 Å². The van der Waals surface area contributed by atoms with Crippen molar-refractivity contribution in [2.75, 3.05) is 20.3 Å². The predicted molar refractivity (Wildman–Crippen MR) is 81.8 cm³/mol. The van der Waals surface area contributed by atoms with Gasteiger partial charge in [-0.15, -0.1) is 0 Å². The largest absolute Gasteiger partial charge is 0.493 e. The number of hydrogen-bond acceptors (Lipinski definition) is 5. The third-order valence-corrected chi connectivity index (χ3v) is 3.12. The highest BCUT2D eigenvalue weighted by molar-refractivity contribution is 6.32. The highest BCUT2D eigenvalue weighted by atomic mass is 35.5. The van der Waals surface area contributed by atoms with Gasteiger partial charge in [-0.25, -0.2) is 0 Å². The average Bonchev–Trinajstić information content (AvgIpc) is 2.49. The second-order valence-corrected chi connectivity index (χ2v) is 5.10. The van der Waals surface area contributed by atoms with Gasteiger partial charge in [-0.2, -0.15) is 0 Å². The number of carbonyl (C=O) groups excluding carboxylic acids is 2. The number of amides is 2. The molecule has 1 aromatic rings. The number of aliphatic carboxylic acids is 1. The molecule has 0 bridgehead atoms. The van der Waals surface area contributed by atoms with E-state index in [0.29, 0.717) is 0 Å². The molecule has 2 amide bonds. The minimum Gasteiger partial charge on any atom is -0.493 e. The summed E-state index contributed by atoms with van der Waals surface area (Å²) in [7, 11) is 1.34. The molecular weight excluding hydrogens is 328 g/mol. The van der Waals surface area contributed by atoms with Gasteiger partial charge in [0, 0.05) is 12.1 Å². The summed E-state index contributed by atoms with van der Waals surface area (Å²) in [6.07, 6.45) is 0. The van der Waals surface area contributed by atoms with Crippen molar-refractivity contribution in [3.63, 3.8) is 0 Å². The summed E-state index contributed by atoms with van der Waals surface area (Å²) >= 11 is 6.02. The fourth-order valence-electron chi connectivity index (χ4n) is 1.57. The molecule has 0 fully saturated rings. The number of nitrogens with two attached hydrogens (primary N) is 1. The molecule has 126 valence electrons. The number of primary amides is 1. The van der Waals surface area contributed by atoms with Gasteiger partial charge in [-0.3, -0.25) is 14.4 Å². The van der Waals surface area contributed by atoms with Crippen LogP contribution in [-0.4, -0.2) is 43.2 Å². The van der Waals surface area contributed by atoms with Crippen LogP contribution in [0.1, 0.15) is 17.3 Å². The molecule has 9 heteroatoms. The Morgan fingerprint density at radius 3 is 2.57 bits per heavy atom. The molecule has 0 aliphatic rings. The molecule has 4 N–H and O–H groups in total. The number of hydrogen-bond donors (Lipinski definition) is 3. The Labute approximate surface area is 137 Å². The highest BCUT2D eigenvalue weighted by Gasteiger charge is 2.18. The van der Waals surface area contributed by atoms with Gasteiger partial charge in [0.05, 0.1) is 18.1 Å². The van der Waals surface area contributed by atoms with E-state index in [-0.39, 0.29) is 28.6 Å². The quantitative estimate of drug-likeness (QED) is 0.635. The van der Waals surface area contributed by atoms with Crippen molar-refractivity contribution in [3.8, 4) is 11.5 Å². The maximum atomic E-state index is 12.0. The zero-order valence-electron chi connectivity index (χ0n) is 12.6. The lowest BCUT2D eigenvalue weighted by molar-refractivity contribution is -0.140. The number of carboxylic acid groups (broad SMARTS) is 1. The summed E-state index contributed by atoms with van der Waals surface area (Å²) in [6.45, 7) is 1.04. The molecule has 0 aliphatic carbocycles. The summed E-state index contributed by atoms with van der Waals surface area (Å²) in [4.78, 5) is 33.5. The Morgan fingerprint density at radius 1 is 1.39 bits per heavy atom. The molecule has 0 spiro atoms. The van der Waals surface area contributed by atoms with Gasteiger partial charge >= 0.3 is 5.97 Å². The smallest absolute Gasteiger partial charge is 0.308 e. The molecule has 0 saturated carbocycles. The van der Waals surface area contributed by atoms with Crippen LogP contribution in [0.3, 0.4) is 0 Å². The van der Waals surface area contributed by atoms with Crippen molar-refractivity contribution in [2.24, 2.45) is 11.7 Å². The molecule has 1 unspecified atom stereocenters. The summed E-state index contributed by atoms with van der Waals surface area (Å²) in [5.41, 5.74) is 5.16. The van der Waals surface area contributed by atoms with Crippen molar-refractivity contribution in [1.29, 1.82) is 0 Å². The lowest BCUT2D eigenvalue weighted by Gasteiger charge is -2.14. The summed E-state index contributed by atoms with van der Waals surface area (Å²) in [5.74, 6) is -2.71. The maximum absolute atomic E-state index is 12.0. The lowest BCUT2D eigenvalue weighted by atomic mass is 10.1. The van der Waals surface area contributed by atoms with E-state index >= 15 is 0 Å². The van der Waals surface area contributed by atoms with Crippen molar-refractivity contribution in [2.45, 2.75) is 6.92 Å². The molecular formula is C14H17ClN2O6. The van der Waals surface area contributed by atoms with Crippen LogP contribution >= 0.6 is 11.6 Å². The molecule has 0 aromatic heterocycles. The number of benzene rings is 1. The van der Waals surface area contributed by atoms with Crippen LogP contribution in [0.25, 0.3) is 0 Å². The fraction of sp³-hybridized carbons (Fsp3) is 0.357. The number of ether oxygens (including phenoxy) is 2. The molecule has 23 heavy (non-hydrogen) atoms. The Morgan fingerprint density at radius 2 is 2.04 bits per heavy atom. The highest BCUT2D eigenvalue weighted by Crippen LogP contribution is 2.36. The van der Waals surface area contributed by atoms with Gasteiger partial charge in [0.1, 0.15) is 0 Å². The van der Waals surface area contributed by atoms with Gasteiger partial charge in [0.25, 0.3) is 11.8 Å². The van der Waals surface area contributed by atoms with Crippen LogP contribution in [0.2, 0.25) is 5.02 Å². The average molecular weight is 345 g/mol. The Hall–Kier alpha value is -2.48. The van der Waals surface area contributed by atoms with Gasteiger partial charge < -0.3 is 25.6 Å². The Balaban J connectivity index is 2.92. The number of methoxy groups -OCH3 is 1. The van der Waals surface area contributed by atoms with Crippen LogP contribution < -0.4 is 20.5 Å². The minimum absolute atomic E-state index is 0.0337. The lowest BCUT2D eigenvalue weighted by Crippen LogP contribution is -2.31. The van der Waals surface area contributed by atoms with E-state index in [1.54, 1.807) is 0 Å². The molecule has 0 heterocycles. The fourth-order valence-corrected chi connectivity index (χ4v) is 1.83. The first-order chi connectivity index (χ1) is 10.8. The summed E-state index contributed by atoms with van der Waals surface area (Å²) in [5, 5.41) is 11.3. The zero-order chi connectivity index (χ0) is 17.6. The third-order valence-electron chi connectivity index (χ3n) is 2.84. The van der Waals surface area contributed by atoms with Gasteiger partial charge in [-0.05, 0) is 12.1 Å². The molecule has 0 radical (unpaired) electrons. The molecule has 0 aliphatic heterocycles. The van der Waals surface area contributed by atoms with E-state index < -0.39 is 30.3 Å². The normalized spacial score (nSPS) is 11.4. The third kappa shape index (κ3) is 5.33. The summed E-state index contributed by atoms with van der Waals surface area (Å²) < 4.78 is 10.2. The van der Waals surface area contributed by atoms with E-state index in [1.165, 1.54) is 26.2 Å². The van der Waals surface area contributed by atoms with Crippen molar-refractivity contribution < 1.29 is 29.0 Å². The van der Waals surface area contributed by atoms with Gasteiger partial charge in [-0.1, -0.05) is 18.5 Å². The first-order valence-electron chi connectivity index (χ1n) is 6.55. The Kier molecular flexibility index (Phi) is 6.65. The number of carboxylic acids is 1. The summed E-state index contributed by atoms with van der Waals surface area (Å²) in [6, 6.07) is 2.68. The molecule has 1 aromatic carbocycles. The van der Waals surface area contributed by atoms with E-state index in [1.807, 2.05) is 0 Å². The monoisotopic (exact) mass is 344 g/mol. The molecule has 1 rings (SSSR count). The van der Waals surface area contributed by atoms with Crippen molar-refractivity contribution >= 4 is 29.4 Å². The van der Waals surface area contributed by atoms with Crippen molar-refractivity contribution in [3.05, 3.63) is 22.7 Å². The molecule has 1 atom stereocenters. The van der Waals surface area contributed by atoms with E-state index in [2.05, 4.69) is 5.32 Å². The first-order valence-corrected chi connectivity index (χ1v) is 6.93. The predicted octanol–water partition coefficient (Wildman–Crippen LogP) is 0.663. The topological polar surface area (TPSA) is 128 Å². The minimum atomic E-state index is -1.02.